The molecule has 0 saturated carbocycles. The van der Waals surface area contributed by atoms with Crippen molar-refractivity contribution in [2.45, 2.75) is 25.8 Å². The smallest absolute Gasteiger partial charge is 0.214 e. The summed E-state index contributed by atoms with van der Waals surface area (Å²) in [4.78, 5) is 9.60. The summed E-state index contributed by atoms with van der Waals surface area (Å²) < 4.78 is 44.8. The number of hydrogen-bond donors (Lipinski definition) is 0. The fourth-order valence-electron chi connectivity index (χ4n) is 5.52. The van der Waals surface area contributed by atoms with E-state index in [4.69, 9.17) is 19.4 Å². The van der Waals surface area contributed by atoms with Crippen LogP contribution < -0.4 is 4.74 Å². The van der Waals surface area contributed by atoms with Crippen LogP contribution in [0.25, 0.3) is 33.3 Å². The molecule has 4 aromatic heterocycles. The van der Waals surface area contributed by atoms with Crippen LogP contribution in [0, 0.1) is 24.5 Å². The second kappa shape index (κ2) is 9.19. The number of methoxy groups -OCH3 is 1. The van der Waals surface area contributed by atoms with E-state index < -0.39 is 17.7 Å². The third kappa shape index (κ3) is 3.83. The minimum absolute atomic E-state index is 0.0133. The van der Waals surface area contributed by atoms with Crippen LogP contribution in [0.1, 0.15) is 30.1 Å². The molecule has 0 N–H and O–H groups in total. The van der Waals surface area contributed by atoms with E-state index in [9.17, 15) is 4.39 Å². The lowest BCUT2D eigenvalue weighted by atomic mass is 9.86. The highest BCUT2D eigenvalue weighted by Gasteiger charge is 2.33. The van der Waals surface area contributed by atoms with Crippen molar-refractivity contribution in [3.8, 4) is 17.1 Å². The highest BCUT2D eigenvalue weighted by atomic mass is 19.2. The summed E-state index contributed by atoms with van der Waals surface area (Å²) in [5.74, 6) is -1.32. The van der Waals surface area contributed by atoms with E-state index >= 15 is 4.39 Å². The summed E-state index contributed by atoms with van der Waals surface area (Å²) in [6.07, 6.45) is 3.18. The Kier molecular flexibility index (Phi) is 5.83. The van der Waals surface area contributed by atoms with Gasteiger partial charge in [-0.15, -0.1) is 5.10 Å². The molecule has 190 valence electrons. The van der Waals surface area contributed by atoms with Crippen LogP contribution in [0.3, 0.4) is 0 Å². The van der Waals surface area contributed by atoms with E-state index in [1.807, 2.05) is 30.7 Å². The lowest BCUT2D eigenvalue weighted by molar-refractivity contribution is 0.0547. The van der Waals surface area contributed by atoms with Crippen molar-refractivity contribution in [2.75, 3.05) is 20.3 Å². The van der Waals surface area contributed by atoms with Crippen molar-refractivity contribution in [1.82, 2.24) is 29.5 Å². The monoisotopic (exact) mass is 504 g/mol. The lowest BCUT2D eigenvalue weighted by Gasteiger charge is -2.33. The van der Waals surface area contributed by atoms with Crippen LogP contribution in [-0.4, -0.2) is 49.9 Å². The van der Waals surface area contributed by atoms with Gasteiger partial charge < -0.3 is 14.0 Å². The summed E-state index contributed by atoms with van der Waals surface area (Å²) in [7, 11) is 3.38. The Morgan fingerprint density at radius 3 is 2.68 bits per heavy atom. The zero-order chi connectivity index (χ0) is 25.7. The zero-order valence-corrected chi connectivity index (χ0v) is 20.8. The van der Waals surface area contributed by atoms with Gasteiger partial charge in [-0.1, -0.05) is 17.3 Å². The van der Waals surface area contributed by atoms with Crippen LogP contribution in [0.2, 0.25) is 0 Å². The van der Waals surface area contributed by atoms with Crippen LogP contribution >= 0.6 is 0 Å². The van der Waals surface area contributed by atoms with Gasteiger partial charge in [0, 0.05) is 49.0 Å². The number of pyridine rings is 2. The molecule has 5 aromatic rings. The number of rotatable bonds is 5. The van der Waals surface area contributed by atoms with Gasteiger partial charge in [-0.2, -0.15) is 4.98 Å². The van der Waals surface area contributed by atoms with E-state index in [1.165, 1.54) is 0 Å². The van der Waals surface area contributed by atoms with Crippen LogP contribution in [-0.2, 0) is 11.8 Å². The molecule has 0 bridgehead atoms. The van der Waals surface area contributed by atoms with Crippen molar-refractivity contribution in [3.63, 3.8) is 0 Å². The van der Waals surface area contributed by atoms with Crippen LogP contribution in [0.4, 0.5) is 8.78 Å². The van der Waals surface area contributed by atoms with Crippen molar-refractivity contribution < 1.29 is 18.3 Å². The minimum atomic E-state index is -0.878. The molecule has 8 nitrogen and oxygen atoms in total. The molecule has 0 amide bonds. The quantitative estimate of drug-likeness (QED) is 0.336. The van der Waals surface area contributed by atoms with Crippen molar-refractivity contribution in [2.24, 2.45) is 13.0 Å². The summed E-state index contributed by atoms with van der Waals surface area (Å²) in [6.45, 7) is 2.99. The molecule has 37 heavy (non-hydrogen) atoms. The fourth-order valence-corrected chi connectivity index (χ4v) is 5.52. The molecule has 1 atom stereocenters. The number of benzene rings is 1. The molecule has 0 spiro atoms. The molecular formula is C27H26F2N6O2. The molecule has 1 aliphatic heterocycles. The van der Waals surface area contributed by atoms with Gasteiger partial charge in [-0.05, 0) is 43.9 Å². The van der Waals surface area contributed by atoms with Gasteiger partial charge in [0.25, 0.3) is 0 Å². The molecule has 1 saturated heterocycles. The first kappa shape index (κ1) is 23.5. The average molecular weight is 505 g/mol. The molecule has 5 heterocycles. The van der Waals surface area contributed by atoms with Gasteiger partial charge >= 0.3 is 0 Å². The second-order valence-electron chi connectivity index (χ2n) is 9.37. The van der Waals surface area contributed by atoms with Gasteiger partial charge in [0.1, 0.15) is 5.65 Å². The molecular weight excluding hydrogens is 478 g/mol. The average Bonchev–Trinajstić information content (AvgIpc) is 3.42. The van der Waals surface area contributed by atoms with E-state index in [-0.39, 0.29) is 11.5 Å². The molecule has 0 aliphatic carbocycles. The second-order valence-corrected chi connectivity index (χ2v) is 9.37. The number of ether oxygens (including phenoxy) is 2. The van der Waals surface area contributed by atoms with Crippen molar-refractivity contribution in [1.29, 1.82) is 0 Å². The SMILES string of the molecule is COc1ccc2c3ncc(-c4c(C)nnn4C)cc3n(C(c3cccc(F)c3F)C3CCOCC3)c2n1. The first-order valence-corrected chi connectivity index (χ1v) is 12.2. The van der Waals surface area contributed by atoms with Gasteiger partial charge in [-0.25, -0.2) is 13.5 Å². The summed E-state index contributed by atoms with van der Waals surface area (Å²) in [5.41, 5.74) is 4.76. The predicted molar refractivity (Wildman–Crippen MR) is 134 cm³/mol. The van der Waals surface area contributed by atoms with Crippen molar-refractivity contribution >= 4 is 22.1 Å². The Morgan fingerprint density at radius 2 is 1.95 bits per heavy atom. The van der Waals surface area contributed by atoms with E-state index in [2.05, 4.69) is 10.3 Å². The maximum absolute atomic E-state index is 15.5. The zero-order valence-electron chi connectivity index (χ0n) is 20.8. The summed E-state index contributed by atoms with van der Waals surface area (Å²) in [6, 6.07) is 9.51. The number of nitrogens with zero attached hydrogens (tertiary/aromatic N) is 6. The Morgan fingerprint density at radius 1 is 1.14 bits per heavy atom. The Hall–Kier alpha value is -3.92. The largest absolute Gasteiger partial charge is 0.481 e. The maximum atomic E-state index is 15.5. The van der Waals surface area contributed by atoms with Gasteiger partial charge in [-0.3, -0.25) is 4.98 Å². The molecule has 1 unspecified atom stereocenters. The molecule has 1 fully saturated rings. The first-order chi connectivity index (χ1) is 18.0. The van der Waals surface area contributed by atoms with Crippen LogP contribution in [0.15, 0.2) is 42.6 Å². The normalized spacial score (nSPS) is 15.5. The van der Waals surface area contributed by atoms with E-state index in [0.717, 1.165) is 39.4 Å². The standard InChI is InChI=1S/C27H26F2N6O2/c1-15-25(34(2)33-32-15)17-13-21-24(30-14-17)19-7-8-22(36-3)31-27(19)35(21)26(16-9-11-37-12-10-16)18-5-4-6-20(28)23(18)29/h4-8,13-14,16,26H,9-12H2,1-3H3. The minimum Gasteiger partial charge on any atom is -0.481 e. The molecule has 6 rings (SSSR count). The summed E-state index contributed by atoms with van der Waals surface area (Å²) >= 11 is 0. The highest BCUT2D eigenvalue weighted by Crippen LogP contribution is 2.42. The maximum Gasteiger partial charge on any atom is 0.214 e. The molecule has 0 radical (unpaired) electrons. The number of hydrogen-bond acceptors (Lipinski definition) is 6. The van der Waals surface area contributed by atoms with E-state index in [1.54, 1.807) is 36.2 Å². The van der Waals surface area contributed by atoms with E-state index in [0.29, 0.717) is 37.6 Å². The van der Waals surface area contributed by atoms with Gasteiger partial charge in [0.2, 0.25) is 5.88 Å². The topological polar surface area (TPSA) is 79.9 Å². The molecule has 10 heteroatoms. The fraction of sp³-hybridized carbons (Fsp3) is 0.333. The summed E-state index contributed by atoms with van der Waals surface area (Å²) in [5, 5.41) is 9.12. The molecule has 1 aliphatic rings. The number of aryl methyl sites for hydroxylation is 2. The lowest BCUT2D eigenvalue weighted by Crippen LogP contribution is -2.28. The van der Waals surface area contributed by atoms with Gasteiger partial charge in [0.15, 0.2) is 11.6 Å². The Bertz CT molecular complexity index is 1600. The molecule has 1 aromatic carbocycles. The Balaban J connectivity index is 1.70. The van der Waals surface area contributed by atoms with Crippen molar-refractivity contribution in [3.05, 3.63) is 65.5 Å². The third-order valence-electron chi connectivity index (χ3n) is 7.23. The Labute approximate surface area is 211 Å². The predicted octanol–water partition coefficient (Wildman–Crippen LogP) is 4.99. The van der Waals surface area contributed by atoms with Gasteiger partial charge in [0.05, 0.1) is 35.6 Å². The first-order valence-electron chi connectivity index (χ1n) is 12.2. The highest BCUT2D eigenvalue weighted by molar-refractivity contribution is 6.05. The number of fused-ring (bicyclic) bond motifs is 3. The number of aromatic nitrogens is 6. The third-order valence-corrected chi connectivity index (χ3v) is 7.23. The number of halogens is 2. The van der Waals surface area contributed by atoms with Crippen LogP contribution in [0.5, 0.6) is 5.88 Å².